The molecule has 0 aliphatic carbocycles. The van der Waals surface area contributed by atoms with E-state index in [9.17, 15) is 10.1 Å². The van der Waals surface area contributed by atoms with Gasteiger partial charge in [-0.05, 0) is 30.3 Å². The van der Waals surface area contributed by atoms with Gasteiger partial charge < -0.3 is 9.47 Å². The number of hydrogen-bond acceptors (Lipinski definition) is 4. The summed E-state index contributed by atoms with van der Waals surface area (Å²) in [5.74, 6) is 0.878. The lowest BCUT2D eigenvalue weighted by atomic mass is 10.2. The van der Waals surface area contributed by atoms with Crippen LogP contribution >= 0.6 is 31.9 Å². The Morgan fingerprint density at radius 2 is 1.71 bits per heavy atom. The Morgan fingerprint density at radius 1 is 1.10 bits per heavy atom. The van der Waals surface area contributed by atoms with Crippen LogP contribution in [0.5, 0.6) is 11.5 Å². The highest BCUT2D eigenvalue weighted by molar-refractivity contribution is 9.10. The Hall–Kier alpha value is -1.60. The zero-order valence-corrected chi connectivity index (χ0v) is 14.2. The Balaban J connectivity index is 2.24. The molecular weight excluding hydrogens is 406 g/mol. The first-order valence-corrected chi connectivity index (χ1v) is 7.49. The van der Waals surface area contributed by atoms with E-state index in [1.165, 1.54) is 6.07 Å². The first-order valence-electron chi connectivity index (χ1n) is 5.90. The molecule has 0 saturated heterocycles. The molecule has 0 radical (unpaired) electrons. The Labute approximate surface area is 138 Å². The quantitative estimate of drug-likeness (QED) is 0.523. The lowest BCUT2D eigenvalue weighted by Crippen LogP contribution is -2.01. The summed E-state index contributed by atoms with van der Waals surface area (Å²) in [4.78, 5) is 10.6. The van der Waals surface area contributed by atoms with Crippen LogP contribution in [-0.4, -0.2) is 12.0 Å². The monoisotopic (exact) mass is 415 g/mol. The van der Waals surface area contributed by atoms with Gasteiger partial charge >= 0.3 is 5.69 Å². The van der Waals surface area contributed by atoms with Crippen LogP contribution in [0.2, 0.25) is 0 Å². The SMILES string of the molecule is COc1ccc(Br)cc1COc1ccc(Br)cc1[N+](=O)[O-]. The molecule has 2 aromatic carbocycles. The van der Waals surface area contributed by atoms with Gasteiger partial charge in [0.1, 0.15) is 12.4 Å². The predicted octanol–water partition coefficient (Wildman–Crippen LogP) is 4.71. The van der Waals surface area contributed by atoms with E-state index in [0.717, 1.165) is 10.0 Å². The molecule has 0 aliphatic heterocycles. The van der Waals surface area contributed by atoms with E-state index < -0.39 is 4.92 Å². The number of nitrogens with zero attached hydrogens (tertiary/aromatic N) is 1. The van der Waals surface area contributed by atoms with Gasteiger partial charge in [-0.3, -0.25) is 10.1 Å². The van der Waals surface area contributed by atoms with Crippen molar-refractivity contribution >= 4 is 37.5 Å². The zero-order chi connectivity index (χ0) is 15.4. The van der Waals surface area contributed by atoms with Gasteiger partial charge in [0.2, 0.25) is 0 Å². The van der Waals surface area contributed by atoms with Crippen molar-refractivity contribution in [3.63, 3.8) is 0 Å². The summed E-state index contributed by atoms with van der Waals surface area (Å²) in [5, 5.41) is 11.0. The van der Waals surface area contributed by atoms with Crippen LogP contribution in [0.15, 0.2) is 45.3 Å². The number of ether oxygens (including phenoxy) is 2. The fourth-order valence-corrected chi connectivity index (χ4v) is 2.53. The molecule has 7 heteroatoms. The van der Waals surface area contributed by atoms with Gasteiger partial charge in [0.15, 0.2) is 5.75 Å². The topological polar surface area (TPSA) is 61.6 Å². The van der Waals surface area contributed by atoms with E-state index in [4.69, 9.17) is 9.47 Å². The molecule has 110 valence electrons. The molecule has 0 spiro atoms. The smallest absolute Gasteiger partial charge is 0.312 e. The third-order valence-corrected chi connectivity index (χ3v) is 3.73. The molecule has 5 nitrogen and oxygen atoms in total. The minimum Gasteiger partial charge on any atom is -0.496 e. The van der Waals surface area contributed by atoms with Crippen molar-refractivity contribution < 1.29 is 14.4 Å². The first-order chi connectivity index (χ1) is 10.0. The molecule has 0 N–H and O–H groups in total. The minimum atomic E-state index is -0.474. The Morgan fingerprint density at radius 3 is 2.33 bits per heavy atom. The van der Waals surface area contributed by atoms with Crippen molar-refractivity contribution in [2.75, 3.05) is 7.11 Å². The van der Waals surface area contributed by atoms with Crippen LogP contribution in [0.3, 0.4) is 0 Å². The summed E-state index contributed by atoms with van der Waals surface area (Å²) in [7, 11) is 1.56. The second kappa shape index (κ2) is 6.91. The molecular formula is C14H11Br2NO4. The molecule has 0 amide bonds. The van der Waals surface area contributed by atoms with Crippen LogP contribution in [0, 0.1) is 10.1 Å². The van der Waals surface area contributed by atoms with E-state index in [1.807, 2.05) is 12.1 Å². The van der Waals surface area contributed by atoms with Gasteiger partial charge in [-0.2, -0.15) is 0 Å². The fourth-order valence-electron chi connectivity index (χ4n) is 1.77. The average molecular weight is 417 g/mol. The lowest BCUT2D eigenvalue weighted by Gasteiger charge is -2.11. The van der Waals surface area contributed by atoms with Gasteiger partial charge in [-0.15, -0.1) is 0 Å². The van der Waals surface area contributed by atoms with Gasteiger partial charge in [0.25, 0.3) is 0 Å². The van der Waals surface area contributed by atoms with Crippen molar-refractivity contribution in [1.29, 1.82) is 0 Å². The number of methoxy groups -OCH3 is 1. The molecule has 0 heterocycles. The van der Waals surface area contributed by atoms with Crippen LogP contribution in [0.25, 0.3) is 0 Å². The second-order valence-electron chi connectivity index (χ2n) is 4.11. The number of benzene rings is 2. The molecule has 2 aromatic rings. The Kier molecular flexibility index (Phi) is 5.19. The summed E-state index contributed by atoms with van der Waals surface area (Å²) >= 11 is 6.58. The highest BCUT2D eigenvalue weighted by atomic mass is 79.9. The maximum atomic E-state index is 11.0. The van der Waals surface area contributed by atoms with Crippen LogP contribution in [0.1, 0.15) is 5.56 Å². The van der Waals surface area contributed by atoms with E-state index in [-0.39, 0.29) is 18.0 Å². The normalized spacial score (nSPS) is 10.2. The number of rotatable bonds is 5. The first kappa shape index (κ1) is 15.8. The lowest BCUT2D eigenvalue weighted by molar-refractivity contribution is -0.386. The van der Waals surface area contributed by atoms with Crippen molar-refractivity contribution in [3.05, 3.63) is 61.0 Å². The molecule has 2 rings (SSSR count). The zero-order valence-electron chi connectivity index (χ0n) is 11.0. The summed E-state index contributed by atoms with van der Waals surface area (Å²) in [5.41, 5.74) is 0.711. The van der Waals surface area contributed by atoms with Crippen LogP contribution in [-0.2, 0) is 6.61 Å². The molecule has 0 bridgehead atoms. The van der Waals surface area contributed by atoms with E-state index in [1.54, 1.807) is 25.3 Å². The van der Waals surface area contributed by atoms with Crippen molar-refractivity contribution in [1.82, 2.24) is 0 Å². The molecule has 0 unspecified atom stereocenters. The standard InChI is InChI=1S/C14H11Br2NO4/c1-20-13-4-2-10(15)6-9(13)8-21-14-5-3-11(16)7-12(14)17(18)19/h2-7H,8H2,1H3. The van der Waals surface area contributed by atoms with E-state index in [2.05, 4.69) is 31.9 Å². The largest absolute Gasteiger partial charge is 0.496 e. The molecule has 21 heavy (non-hydrogen) atoms. The van der Waals surface area contributed by atoms with Crippen molar-refractivity contribution in [2.45, 2.75) is 6.61 Å². The molecule has 0 aliphatic rings. The maximum Gasteiger partial charge on any atom is 0.312 e. The minimum absolute atomic E-state index is 0.0849. The van der Waals surface area contributed by atoms with Gasteiger partial charge in [0, 0.05) is 20.6 Å². The van der Waals surface area contributed by atoms with Crippen molar-refractivity contribution in [3.8, 4) is 11.5 Å². The fraction of sp³-hybridized carbons (Fsp3) is 0.143. The number of hydrogen-bond donors (Lipinski definition) is 0. The summed E-state index contributed by atoms with van der Waals surface area (Å²) in [6.07, 6.45) is 0. The second-order valence-corrected chi connectivity index (χ2v) is 5.95. The van der Waals surface area contributed by atoms with Gasteiger partial charge in [-0.1, -0.05) is 31.9 Å². The van der Waals surface area contributed by atoms with Crippen LogP contribution < -0.4 is 9.47 Å². The highest BCUT2D eigenvalue weighted by Gasteiger charge is 2.16. The summed E-state index contributed by atoms with van der Waals surface area (Å²) in [6.45, 7) is 0.172. The van der Waals surface area contributed by atoms with Crippen molar-refractivity contribution in [2.24, 2.45) is 0 Å². The summed E-state index contributed by atoms with van der Waals surface area (Å²) in [6, 6.07) is 10.2. The van der Waals surface area contributed by atoms with Gasteiger partial charge in [-0.25, -0.2) is 0 Å². The maximum absolute atomic E-state index is 11.0. The molecule has 0 atom stereocenters. The van der Waals surface area contributed by atoms with E-state index >= 15 is 0 Å². The Bertz CT molecular complexity index is 676. The molecule has 0 saturated carbocycles. The summed E-state index contributed by atoms with van der Waals surface area (Å²) < 4.78 is 12.3. The molecule has 0 fully saturated rings. The number of nitro benzene ring substituents is 1. The molecule has 0 aromatic heterocycles. The highest BCUT2D eigenvalue weighted by Crippen LogP contribution is 2.32. The van der Waals surface area contributed by atoms with Gasteiger partial charge in [0.05, 0.1) is 12.0 Å². The average Bonchev–Trinajstić information content (AvgIpc) is 2.46. The predicted molar refractivity (Wildman–Crippen MR) is 85.8 cm³/mol. The third-order valence-electron chi connectivity index (χ3n) is 2.74. The van der Waals surface area contributed by atoms with Crippen LogP contribution in [0.4, 0.5) is 5.69 Å². The number of halogens is 2. The number of nitro groups is 1. The van der Waals surface area contributed by atoms with E-state index in [0.29, 0.717) is 10.2 Å². The third kappa shape index (κ3) is 3.95.